The fourth-order valence-electron chi connectivity index (χ4n) is 1.05. The molecule has 0 aliphatic carbocycles. The molecule has 0 amide bonds. The number of hydrogen-bond donors (Lipinski definition) is 2. The molecule has 1 atom stereocenters. The molecule has 0 aliphatic rings. The first kappa shape index (κ1) is 12.8. The van der Waals surface area contributed by atoms with E-state index in [2.05, 4.69) is 5.32 Å². The number of rotatable bonds is 5. The molecular weight excluding hydrogens is 230 g/mol. The summed E-state index contributed by atoms with van der Waals surface area (Å²) in [6, 6.07) is 4.61. The van der Waals surface area contributed by atoms with E-state index in [1.54, 1.807) is 6.07 Å². The Labute approximate surface area is 99.2 Å². The van der Waals surface area contributed by atoms with E-state index in [1.807, 2.05) is 14.0 Å². The molecule has 0 aliphatic heterocycles. The summed E-state index contributed by atoms with van der Waals surface area (Å²) in [5, 5.41) is 12.1. The molecule has 0 spiro atoms. The predicted octanol–water partition coefficient (Wildman–Crippen LogP) is 2.02. The smallest absolute Gasteiger partial charge is 0.335 e. The van der Waals surface area contributed by atoms with Gasteiger partial charge < -0.3 is 15.2 Å². The van der Waals surface area contributed by atoms with Crippen LogP contribution in [-0.2, 0) is 0 Å². The third-order valence-electron chi connectivity index (χ3n) is 2.16. The van der Waals surface area contributed by atoms with Gasteiger partial charge in [0, 0.05) is 6.04 Å². The zero-order valence-electron chi connectivity index (χ0n) is 9.16. The van der Waals surface area contributed by atoms with Gasteiger partial charge in [-0.3, -0.25) is 0 Å². The molecule has 5 heteroatoms. The quantitative estimate of drug-likeness (QED) is 0.831. The number of benzene rings is 1. The van der Waals surface area contributed by atoms with E-state index < -0.39 is 5.97 Å². The summed E-state index contributed by atoms with van der Waals surface area (Å²) in [6.45, 7) is 2.45. The van der Waals surface area contributed by atoms with Crippen LogP contribution in [0.3, 0.4) is 0 Å². The standard InChI is InChI=1S/C11H14ClNO3/c1-7(13-2)6-16-10-4-3-8(11(14)15)5-9(10)12/h3-5,7,13H,6H2,1-2H3,(H,14,15). The molecule has 1 unspecified atom stereocenters. The summed E-state index contributed by atoms with van der Waals surface area (Å²) in [6.07, 6.45) is 0. The second-order valence-corrected chi connectivity index (χ2v) is 3.86. The number of aromatic carboxylic acids is 1. The van der Waals surface area contributed by atoms with E-state index in [9.17, 15) is 4.79 Å². The summed E-state index contributed by atoms with van der Waals surface area (Å²) in [5.41, 5.74) is 0.152. The van der Waals surface area contributed by atoms with Crippen molar-refractivity contribution >= 4 is 17.6 Å². The van der Waals surface area contributed by atoms with Crippen molar-refractivity contribution in [1.29, 1.82) is 0 Å². The van der Waals surface area contributed by atoms with Gasteiger partial charge in [0.05, 0.1) is 10.6 Å². The van der Waals surface area contributed by atoms with Gasteiger partial charge in [0.2, 0.25) is 0 Å². The van der Waals surface area contributed by atoms with Gasteiger partial charge in [0.15, 0.2) is 0 Å². The fraction of sp³-hybridized carbons (Fsp3) is 0.364. The van der Waals surface area contributed by atoms with Gasteiger partial charge in [-0.15, -0.1) is 0 Å². The summed E-state index contributed by atoms with van der Waals surface area (Å²) >= 11 is 5.89. The van der Waals surface area contributed by atoms with Gasteiger partial charge >= 0.3 is 5.97 Å². The average Bonchev–Trinajstić information content (AvgIpc) is 2.26. The zero-order chi connectivity index (χ0) is 12.1. The van der Waals surface area contributed by atoms with Crippen LogP contribution in [0.15, 0.2) is 18.2 Å². The van der Waals surface area contributed by atoms with E-state index in [0.29, 0.717) is 17.4 Å². The number of carboxylic acids is 1. The Balaban J connectivity index is 2.72. The molecule has 0 radical (unpaired) electrons. The van der Waals surface area contributed by atoms with Crippen LogP contribution in [0.5, 0.6) is 5.75 Å². The summed E-state index contributed by atoms with van der Waals surface area (Å²) in [5.74, 6) is -0.509. The highest BCUT2D eigenvalue weighted by Crippen LogP contribution is 2.25. The van der Waals surface area contributed by atoms with Gasteiger partial charge in [-0.05, 0) is 32.2 Å². The highest BCUT2D eigenvalue weighted by Gasteiger charge is 2.08. The van der Waals surface area contributed by atoms with Crippen LogP contribution in [0.1, 0.15) is 17.3 Å². The van der Waals surface area contributed by atoms with Crippen molar-refractivity contribution < 1.29 is 14.6 Å². The monoisotopic (exact) mass is 243 g/mol. The topological polar surface area (TPSA) is 58.6 Å². The predicted molar refractivity (Wildman–Crippen MR) is 62.4 cm³/mol. The maximum atomic E-state index is 10.7. The van der Waals surface area contributed by atoms with Crippen molar-refractivity contribution in [2.45, 2.75) is 13.0 Å². The van der Waals surface area contributed by atoms with Crippen molar-refractivity contribution in [2.24, 2.45) is 0 Å². The van der Waals surface area contributed by atoms with Crippen molar-refractivity contribution in [3.05, 3.63) is 28.8 Å². The lowest BCUT2D eigenvalue weighted by molar-refractivity contribution is 0.0697. The first-order valence-electron chi connectivity index (χ1n) is 4.87. The second-order valence-electron chi connectivity index (χ2n) is 3.45. The molecule has 0 fully saturated rings. The van der Waals surface area contributed by atoms with Crippen LogP contribution >= 0.6 is 11.6 Å². The Hall–Kier alpha value is -1.26. The SMILES string of the molecule is CNC(C)COc1ccc(C(=O)O)cc1Cl. The maximum absolute atomic E-state index is 10.7. The first-order valence-corrected chi connectivity index (χ1v) is 5.25. The summed E-state index contributed by atoms with van der Waals surface area (Å²) < 4.78 is 5.44. The van der Waals surface area contributed by atoms with E-state index in [4.69, 9.17) is 21.4 Å². The van der Waals surface area contributed by atoms with Crippen LogP contribution in [0.25, 0.3) is 0 Å². The number of halogens is 1. The van der Waals surface area contributed by atoms with Crippen molar-refractivity contribution in [3.8, 4) is 5.75 Å². The first-order chi connectivity index (χ1) is 7.54. The highest BCUT2D eigenvalue weighted by atomic mass is 35.5. The number of carboxylic acid groups (broad SMARTS) is 1. The Morgan fingerprint density at radius 3 is 2.81 bits per heavy atom. The Bertz CT molecular complexity index is 381. The number of likely N-dealkylation sites (N-methyl/N-ethyl adjacent to an activating group) is 1. The molecular formula is C11H14ClNO3. The largest absolute Gasteiger partial charge is 0.490 e. The van der Waals surface area contributed by atoms with E-state index in [1.165, 1.54) is 12.1 Å². The van der Waals surface area contributed by atoms with Gasteiger partial charge in [-0.2, -0.15) is 0 Å². The molecule has 0 saturated carbocycles. The minimum Gasteiger partial charge on any atom is -0.490 e. The van der Waals surface area contributed by atoms with Crippen LogP contribution in [0, 0.1) is 0 Å². The molecule has 0 saturated heterocycles. The molecule has 0 aromatic heterocycles. The third kappa shape index (κ3) is 3.40. The molecule has 0 bridgehead atoms. The third-order valence-corrected chi connectivity index (χ3v) is 2.46. The lowest BCUT2D eigenvalue weighted by Gasteiger charge is -2.13. The number of ether oxygens (including phenoxy) is 1. The Morgan fingerprint density at radius 2 is 2.31 bits per heavy atom. The fourth-order valence-corrected chi connectivity index (χ4v) is 1.28. The van der Waals surface area contributed by atoms with Crippen LogP contribution < -0.4 is 10.1 Å². The van der Waals surface area contributed by atoms with Gasteiger partial charge in [0.25, 0.3) is 0 Å². The van der Waals surface area contributed by atoms with Crippen LogP contribution in [0.4, 0.5) is 0 Å². The van der Waals surface area contributed by atoms with Crippen molar-refractivity contribution in [3.63, 3.8) is 0 Å². The van der Waals surface area contributed by atoms with Crippen LogP contribution in [-0.4, -0.2) is 30.8 Å². The minimum absolute atomic E-state index is 0.152. The van der Waals surface area contributed by atoms with Gasteiger partial charge in [0.1, 0.15) is 12.4 Å². The van der Waals surface area contributed by atoms with Crippen molar-refractivity contribution in [1.82, 2.24) is 5.32 Å². The lowest BCUT2D eigenvalue weighted by Crippen LogP contribution is -2.28. The van der Waals surface area contributed by atoms with Crippen molar-refractivity contribution in [2.75, 3.05) is 13.7 Å². The molecule has 88 valence electrons. The summed E-state index contributed by atoms with van der Waals surface area (Å²) in [4.78, 5) is 10.7. The normalized spacial score (nSPS) is 12.2. The molecule has 4 nitrogen and oxygen atoms in total. The summed E-state index contributed by atoms with van der Waals surface area (Å²) in [7, 11) is 1.84. The molecule has 1 aromatic rings. The maximum Gasteiger partial charge on any atom is 0.335 e. The molecule has 16 heavy (non-hydrogen) atoms. The van der Waals surface area contributed by atoms with Gasteiger partial charge in [-0.25, -0.2) is 4.79 Å². The Kier molecular flexibility index (Phi) is 4.58. The second kappa shape index (κ2) is 5.72. The highest BCUT2D eigenvalue weighted by molar-refractivity contribution is 6.32. The Morgan fingerprint density at radius 1 is 1.62 bits per heavy atom. The van der Waals surface area contributed by atoms with Gasteiger partial charge in [-0.1, -0.05) is 11.6 Å². The van der Waals surface area contributed by atoms with Crippen LogP contribution in [0.2, 0.25) is 5.02 Å². The van der Waals surface area contributed by atoms with E-state index in [-0.39, 0.29) is 11.6 Å². The zero-order valence-corrected chi connectivity index (χ0v) is 9.91. The number of nitrogens with one attached hydrogen (secondary N) is 1. The van der Waals surface area contributed by atoms with E-state index in [0.717, 1.165) is 0 Å². The van der Waals surface area contributed by atoms with E-state index >= 15 is 0 Å². The molecule has 2 N–H and O–H groups in total. The number of hydrogen-bond acceptors (Lipinski definition) is 3. The number of carbonyl (C=O) groups is 1. The molecule has 1 aromatic carbocycles. The average molecular weight is 244 g/mol. The lowest BCUT2D eigenvalue weighted by atomic mass is 10.2. The molecule has 0 heterocycles. The molecule has 1 rings (SSSR count). The minimum atomic E-state index is -1.00.